The number of hydrogen-bond donors (Lipinski definition) is 1. The Bertz CT molecular complexity index is 740. The van der Waals surface area contributed by atoms with Crippen molar-refractivity contribution in [3.8, 4) is 0 Å². The van der Waals surface area contributed by atoms with Gasteiger partial charge in [0.1, 0.15) is 0 Å². The van der Waals surface area contributed by atoms with Gasteiger partial charge in [0.05, 0.1) is 0 Å². The highest BCUT2D eigenvalue weighted by Crippen LogP contribution is 2.30. The van der Waals surface area contributed by atoms with E-state index in [2.05, 4.69) is 10.1 Å². The first-order valence-electron chi connectivity index (χ1n) is 7.45. The summed E-state index contributed by atoms with van der Waals surface area (Å²) in [5, 5.41) is 13.2. The van der Waals surface area contributed by atoms with E-state index in [0.29, 0.717) is 36.7 Å². The zero-order valence-corrected chi connectivity index (χ0v) is 12.7. The maximum absolute atomic E-state index is 12.5. The van der Waals surface area contributed by atoms with Crippen molar-refractivity contribution in [1.82, 2.24) is 15.0 Å². The van der Waals surface area contributed by atoms with Gasteiger partial charge in [-0.3, -0.25) is 4.79 Å². The molecule has 0 bridgehead atoms. The van der Waals surface area contributed by atoms with E-state index in [1.165, 1.54) is 4.90 Å². The van der Waals surface area contributed by atoms with Gasteiger partial charge in [-0.1, -0.05) is 29.4 Å². The Hall–Kier alpha value is -2.70. The number of amides is 1. The van der Waals surface area contributed by atoms with Crippen LogP contribution in [0.5, 0.6) is 0 Å². The molecule has 0 radical (unpaired) electrons. The molecular weight excluding hydrogens is 298 g/mol. The van der Waals surface area contributed by atoms with E-state index in [-0.39, 0.29) is 12.3 Å². The van der Waals surface area contributed by atoms with Crippen molar-refractivity contribution in [2.45, 2.75) is 32.2 Å². The molecule has 0 aliphatic carbocycles. The molecular formula is C16H17N3O4. The van der Waals surface area contributed by atoms with Crippen LogP contribution < -0.4 is 0 Å². The van der Waals surface area contributed by atoms with Crippen LogP contribution in [-0.2, 0) is 22.4 Å². The molecule has 3 rings (SSSR count). The van der Waals surface area contributed by atoms with Crippen LogP contribution in [0.25, 0.3) is 0 Å². The molecule has 1 aromatic heterocycles. The van der Waals surface area contributed by atoms with E-state index in [9.17, 15) is 14.7 Å². The van der Waals surface area contributed by atoms with Crippen molar-refractivity contribution in [2.24, 2.45) is 0 Å². The van der Waals surface area contributed by atoms with Crippen molar-refractivity contribution >= 4 is 11.9 Å². The van der Waals surface area contributed by atoms with Gasteiger partial charge in [-0.25, -0.2) is 4.79 Å². The van der Waals surface area contributed by atoms with Gasteiger partial charge in [-0.15, -0.1) is 0 Å². The maximum atomic E-state index is 12.5. The highest BCUT2D eigenvalue weighted by Gasteiger charge is 2.35. The largest absolute Gasteiger partial charge is 0.479 e. The van der Waals surface area contributed by atoms with Gasteiger partial charge in [0.2, 0.25) is 11.8 Å². The number of carboxylic acid groups (broad SMARTS) is 1. The summed E-state index contributed by atoms with van der Waals surface area (Å²) in [6, 6.07) is 6.43. The normalized spacial score (nSPS) is 16.9. The molecule has 1 aliphatic rings. The Labute approximate surface area is 132 Å². The zero-order chi connectivity index (χ0) is 16.4. The van der Waals surface area contributed by atoms with Crippen LogP contribution in [0.4, 0.5) is 0 Å². The Balaban J connectivity index is 1.76. The monoisotopic (exact) mass is 315 g/mol. The second-order valence-electron chi connectivity index (χ2n) is 5.51. The molecule has 1 unspecified atom stereocenters. The molecule has 2 heterocycles. The molecule has 1 amide bonds. The molecule has 7 nitrogen and oxygen atoms in total. The first-order valence-corrected chi connectivity index (χ1v) is 7.45. The summed E-state index contributed by atoms with van der Waals surface area (Å²) in [6.45, 7) is 2.10. The second kappa shape index (κ2) is 6.20. The number of fused-ring (bicyclic) bond motifs is 1. The van der Waals surface area contributed by atoms with E-state index < -0.39 is 12.0 Å². The number of rotatable bonds is 4. The lowest BCUT2D eigenvalue weighted by atomic mass is 9.92. The average Bonchev–Trinajstić information content (AvgIpc) is 2.96. The Morgan fingerprint density at radius 2 is 2.17 bits per heavy atom. The number of carbonyl (C=O) groups is 2. The molecule has 0 spiro atoms. The Kier molecular flexibility index (Phi) is 4.10. The molecule has 1 aromatic carbocycles. The SMILES string of the molecule is Cc1noc(CCC(=O)N2CCc3ccccc3C2C(=O)O)n1. The minimum absolute atomic E-state index is 0.146. The minimum Gasteiger partial charge on any atom is -0.479 e. The molecule has 0 fully saturated rings. The van der Waals surface area contributed by atoms with E-state index in [1.807, 2.05) is 12.1 Å². The minimum atomic E-state index is -1.01. The van der Waals surface area contributed by atoms with Gasteiger partial charge in [0, 0.05) is 19.4 Å². The van der Waals surface area contributed by atoms with Gasteiger partial charge in [0.25, 0.3) is 0 Å². The van der Waals surface area contributed by atoms with Crippen LogP contribution in [0.3, 0.4) is 0 Å². The van der Waals surface area contributed by atoms with Crippen molar-refractivity contribution in [3.63, 3.8) is 0 Å². The highest BCUT2D eigenvalue weighted by molar-refractivity contribution is 5.85. The van der Waals surface area contributed by atoms with Crippen LogP contribution in [0.1, 0.15) is 35.3 Å². The highest BCUT2D eigenvalue weighted by atomic mass is 16.5. The summed E-state index contributed by atoms with van der Waals surface area (Å²) < 4.78 is 4.98. The van der Waals surface area contributed by atoms with Gasteiger partial charge in [-0.2, -0.15) is 4.98 Å². The average molecular weight is 315 g/mol. The van der Waals surface area contributed by atoms with E-state index >= 15 is 0 Å². The van der Waals surface area contributed by atoms with Gasteiger partial charge in [0.15, 0.2) is 11.9 Å². The zero-order valence-electron chi connectivity index (χ0n) is 12.7. The lowest BCUT2D eigenvalue weighted by Gasteiger charge is -2.34. The number of carboxylic acids is 1. The van der Waals surface area contributed by atoms with Crippen LogP contribution >= 0.6 is 0 Å². The van der Waals surface area contributed by atoms with Crippen molar-refractivity contribution in [3.05, 3.63) is 47.1 Å². The number of hydrogen-bond acceptors (Lipinski definition) is 5. The topological polar surface area (TPSA) is 96.5 Å². The number of carbonyl (C=O) groups excluding carboxylic acids is 1. The quantitative estimate of drug-likeness (QED) is 0.919. The number of nitrogens with zero attached hydrogens (tertiary/aromatic N) is 3. The number of aliphatic carboxylic acids is 1. The third-order valence-electron chi connectivity index (χ3n) is 3.96. The summed E-state index contributed by atoms with van der Waals surface area (Å²) in [6.07, 6.45) is 1.11. The third kappa shape index (κ3) is 3.08. The van der Waals surface area contributed by atoms with E-state index in [4.69, 9.17) is 4.52 Å². The van der Waals surface area contributed by atoms with Gasteiger partial charge in [-0.05, 0) is 24.5 Å². The molecule has 0 saturated carbocycles. The van der Waals surface area contributed by atoms with Crippen molar-refractivity contribution in [1.29, 1.82) is 0 Å². The van der Waals surface area contributed by atoms with Gasteiger partial charge >= 0.3 is 5.97 Å². The van der Waals surface area contributed by atoms with Crippen LogP contribution in [-0.4, -0.2) is 38.6 Å². The molecule has 23 heavy (non-hydrogen) atoms. The second-order valence-corrected chi connectivity index (χ2v) is 5.51. The lowest BCUT2D eigenvalue weighted by Crippen LogP contribution is -2.43. The number of aromatic nitrogens is 2. The summed E-state index contributed by atoms with van der Waals surface area (Å²) >= 11 is 0. The Morgan fingerprint density at radius 1 is 1.39 bits per heavy atom. The van der Waals surface area contributed by atoms with Crippen molar-refractivity contribution < 1.29 is 19.2 Å². The predicted molar refractivity (Wildman–Crippen MR) is 79.6 cm³/mol. The van der Waals surface area contributed by atoms with Crippen LogP contribution in [0, 0.1) is 6.92 Å². The van der Waals surface area contributed by atoms with Crippen LogP contribution in [0.2, 0.25) is 0 Å². The molecule has 0 saturated heterocycles. The fraction of sp³-hybridized carbons (Fsp3) is 0.375. The molecule has 120 valence electrons. The first kappa shape index (κ1) is 15.2. The third-order valence-corrected chi connectivity index (χ3v) is 3.96. The summed E-state index contributed by atoms with van der Waals surface area (Å²) in [5.41, 5.74) is 1.67. The molecule has 7 heteroatoms. The maximum Gasteiger partial charge on any atom is 0.331 e. The Morgan fingerprint density at radius 3 is 2.87 bits per heavy atom. The van der Waals surface area contributed by atoms with Crippen LogP contribution in [0.15, 0.2) is 28.8 Å². The van der Waals surface area contributed by atoms with E-state index in [1.54, 1.807) is 19.1 Å². The van der Waals surface area contributed by atoms with Crippen molar-refractivity contribution in [2.75, 3.05) is 6.54 Å². The first-order chi connectivity index (χ1) is 11.1. The number of benzene rings is 1. The summed E-state index contributed by atoms with van der Waals surface area (Å²) in [5.74, 6) is -0.329. The fourth-order valence-corrected chi connectivity index (χ4v) is 2.90. The smallest absolute Gasteiger partial charge is 0.331 e. The van der Waals surface area contributed by atoms with E-state index in [0.717, 1.165) is 5.56 Å². The summed E-state index contributed by atoms with van der Waals surface area (Å²) in [4.78, 5) is 29.6. The molecule has 1 aliphatic heterocycles. The molecule has 2 aromatic rings. The summed E-state index contributed by atoms with van der Waals surface area (Å²) in [7, 11) is 0. The van der Waals surface area contributed by atoms with Gasteiger partial charge < -0.3 is 14.5 Å². The predicted octanol–water partition coefficient (Wildman–Crippen LogP) is 1.52. The molecule has 1 N–H and O–H groups in total. The lowest BCUT2D eigenvalue weighted by molar-refractivity contribution is -0.151. The number of aryl methyl sites for hydroxylation is 2. The standard InChI is InChI=1S/C16H17N3O4/c1-10-17-13(23-18-10)6-7-14(20)19-9-8-11-4-2-3-5-12(11)15(19)16(21)22/h2-5,15H,6-9H2,1H3,(H,21,22). The molecule has 1 atom stereocenters. The fourth-order valence-electron chi connectivity index (χ4n) is 2.90.